The number of anilines is 1. The highest BCUT2D eigenvalue weighted by Gasteiger charge is 2.33. The second-order valence-electron chi connectivity index (χ2n) is 9.70. The van der Waals surface area contributed by atoms with Gasteiger partial charge in [-0.2, -0.15) is 0 Å². The van der Waals surface area contributed by atoms with Crippen LogP contribution in [0.2, 0.25) is 5.02 Å². The maximum Gasteiger partial charge on any atom is 0.244 e. The van der Waals surface area contributed by atoms with Crippen LogP contribution in [-0.2, 0) is 32.6 Å². The molecule has 0 fully saturated rings. The Hall–Kier alpha value is -2.88. The van der Waals surface area contributed by atoms with Crippen LogP contribution in [0.15, 0.2) is 77.3 Å². The fraction of sp³-hybridized carbons (Fsp3) is 0.333. The minimum atomic E-state index is -3.86. The average Bonchev–Trinajstić information content (AvgIpc) is 2.91. The Balaban J connectivity index is 2.04. The fourth-order valence-electron chi connectivity index (χ4n) is 4.24. The molecule has 0 radical (unpaired) electrons. The summed E-state index contributed by atoms with van der Waals surface area (Å²) in [5.74, 6) is -0.793. The van der Waals surface area contributed by atoms with Crippen molar-refractivity contribution in [2.45, 2.75) is 45.7 Å². The van der Waals surface area contributed by atoms with Crippen molar-refractivity contribution in [1.29, 1.82) is 0 Å². The van der Waals surface area contributed by atoms with Gasteiger partial charge in [-0.25, -0.2) is 8.42 Å². The van der Waals surface area contributed by atoms with Crippen LogP contribution in [0.5, 0.6) is 0 Å². The molecule has 0 bridgehead atoms. The molecule has 0 aromatic heterocycles. The minimum Gasteiger partial charge on any atom is -0.354 e. The predicted molar refractivity (Wildman–Crippen MR) is 165 cm³/mol. The molecule has 214 valence electrons. The maximum absolute atomic E-state index is 14.1. The first kappa shape index (κ1) is 31.6. The van der Waals surface area contributed by atoms with Gasteiger partial charge in [0.25, 0.3) is 0 Å². The molecule has 0 aliphatic carbocycles. The molecule has 3 aromatic carbocycles. The van der Waals surface area contributed by atoms with Gasteiger partial charge >= 0.3 is 0 Å². The number of aryl methyl sites for hydroxylation is 1. The molecule has 3 rings (SSSR count). The standard InChI is InChI=1S/C30H35BrClN3O4S/c1-4-5-16-33-30(37)28(18-23-10-7-6-8-11-23)34(20-24-12-9-13-25(31)17-24)29(36)21-35(40(3,38)39)26-15-14-22(2)27(32)19-26/h6-15,17,19,28H,4-5,16,18,20-21H2,1-3H3,(H,33,37)/t28-/m0/s1. The second kappa shape index (κ2) is 14.7. The topological polar surface area (TPSA) is 86.8 Å². The van der Waals surface area contributed by atoms with Gasteiger partial charge in [0, 0.05) is 29.0 Å². The lowest BCUT2D eigenvalue weighted by Crippen LogP contribution is -2.53. The number of halogens is 2. The van der Waals surface area contributed by atoms with E-state index in [-0.39, 0.29) is 24.6 Å². The van der Waals surface area contributed by atoms with Gasteiger partial charge < -0.3 is 10.2 Å². The molecule has 0 spiro atoms. The third-order valence-electron chi connectivity index (χ3n) is 6.47. The highest BCUT2D eigenvalue weighted by atomic mass is 79.9. The van der Waals surface area contributed by atoms with Crippen molar-refractivity contribution in [2.75, 3.05) is 23.7 Å². The summed E-state index contributed by atoms with van der Waals surface area (Å²) in [4.78, 5) is 29.1. The summed E-state index contributed by atoms with van der Waals surface area (Å²) in [6, 6.07) is 20.9. The largest absolute Gasteiger partial charge is 0.354 e. The van der Waals surface area contributed by atoms with E-state index in [4.69, 9.17) is 11.6 Å². The smallest absolute Gasteiger partial charge is 0.244 e. The second-order valence-corrected chi connectivity index (χ2v) is 12.9. The molecule has 3 aromatic rings. The van der Waals surface area contributed by atoms with Crippen LogP contribution < -0.4 is 9.62 Å². The molecule has 1 N–H and O–H groups in total. The van der Waals surface area contributed by atoms with Crippen LogP contribution in [0.4, 0.5) is 5.69 Å². The van der Waals surface area contributed by atoms with Crippen molar-refractivity contribution in [3.63, 3.8) is 0 Å². The van der Waals surface area contributed by atoms with Gasteiger partial charge in [-0.05, 0) is 54.3 Å². The maximum atomic E-state index is 14.1. The van der Waals surface area contributed by atoms with E-state index in [1.807, 2.05) is 68.4 Å². The zero-order valence-corrected chi connectivity index (χ0v) is 26.1. The summed E-state index contributed by atoms with van der Waals surface area (Å²) in [5, 5.41) is 3.36. The quantitative estimate of drug-likeness (QED) is 0.240. The van der Waals surface area contributed by atoms with Crippen molar-refractivity contribution in [1.82, 2.24) is 10.2 Å². The molecule has 0 saturated carbocycles. The Bertz CT molecular complexity index is 1420. The molecule has 0 saturated heterocycles. The number of nitrogens with one attached hydrogen (secondary N) is 1. The van der Waals surface area contributed by atoms with E-state index in [2.05, 4.69) is 21.2 Å². The summed E-state index contributed by atoms with van der Waals surface area (Å²) in [6.07, 6.45) is 3.03. The van der Waals surface area contributed by atoms with Crippen molar-refractivity contribution in [3.05, 3.63) is 99.0 Å². The van der Waals surface area contributed by atoms with Crippen LogP contribution in [0.25, 0.3) is 0 Å². The van der Waals surface area contributed by atoms with Crippen molar-refractivity contribution >= 4 is 55.1 Å². The van der Waals surface area contributed by atoms with Gasteiger partial charge in [-0.15, -0.1) is 0 Å². The van der Waals surface area contributed by atoms with Gasteiger partial charge in [0.2, 0.25) is 21.8 Å². The Labute approximate surface area is 250 Å². The predicted octanol–water partition coefficient (Wildman–Crippen LogP) is 5.73. The minimum absolute atomic E-state index is 0.114. The van der Waals surface area contributed by atoms with Gasteiger partial charge in [0.05, 0.1) is 11.9 Å². The first-order valence-corrected chi connectivity index (χ1v) is 16.1. The summed E-state index contributed by atoms with van der Waals surface area (Å²) in [5.41, 5.74) is 2.75. The number of amides is 2. The Morgan fingerprint density at radius 1 is 1.00 bits per heavy atom. The van der Waals surface area contributed by atoms with Crippen molar-refractivity contribution in [2.24, 2.45) is 0 Å². The lowest BCUT2D eigenvalue weighted by atomic mass is 10.0. The van der Waals surface area contributed by atoms with Crippen LogP contribution in [0, 0.1) is 6.92 Å². The van der Waals surface area contributed by atoms with Gasteiger partial charge in [-0.3, -0.25) is 13.9 Å². The van der Waals surface area contributed by atoms with Gasteiger partial charge in [-0.1, -0.05) is 89.4 Å². The zero-order valence-electron chi connectivity index (χ0n) is 22.9. The Kier molecular flexibility index (Phi) is 11.6. The molecule has 2 amide bonds. The van der Waals surface area contributed by atoms with Crippen molar-refractivity contribution in [3.8, 4) is 0 Å². The SMILES string of the molecule is CCCCNC(=O)[C@H](Cc1ccccc1)N(Cc1cccc(Br)c1)C(=O)CN(c1ccc(C)c(Cl)c1)S(C)(=O)=O. The Morgan fingerprint density at radius 2 is 1.70 bits per heavy atom. The number of rotatable bonds is 13. The summed E-state index contributed by atoms with van der Waals surface area (Å²) < 4.78 is 27.6. The summed E-state index contributed by atoms with van der Waals surface area (Å²) in [7, 11) is -3.86. The zero-order chi connectivity index (χ0) is 29.3. The number of unbranched alkanes of at least 4 members (excludes halogenated alkanes) is 1. The molecule has 0 aliphatic heterocycles. The number of carbonyl (C=O) groups excluding carboxylic acids is 2. The van der Waals surface area contributed by atoms with Crippen LogP contribution in [-0.4, -0.2) is 50.5 Å². The number of benzene rings is 3. The first-order valence-electron chi connectivity index (χ1n) is 13.1. The third-order valence-corrected chi connectivity index (χ3v) is 8.51. The van der Waals surface area contributed by atoms with Crippen LogP contribution in [0.3, 0.4) is 0 Å². The van der Waals surface area contributed by atoms with E-state index in [1.165, 1.54) is 11.0 Å². The van der Waals surface area contributed by atoms with Crippen LogP contribution >= 0.6 is 27.5 Å². The molecule has 40 heavy (non-hydrogen) atoms. The molecule has 0 heterocycles. The molecular weight excluding hydrogens is 614 g/mol. The normalized spacial score (nSPS) is 12.0. The fourth-order valence-corrected chi connectivity index (χ4v) is 5.71. The van der Waals surface area contributed by atoms with E-state index in [1.54, 1.807) is 12.1 Å². The van der Waals surface area contributed by atoms with Crippen LogP contribution in [0.1, 0.15) is 36.5 Å². The molecule has 1 atom stereocenters. The molecule has 0 aliphatic rings. The molecule has 7 nitrogen and oxygen atoms in total. The average molecular weight is 649 g/mol. The number of hydrogen-bond acceptors (Lipinski definition) is 4. The highest BCUT2D eigenvalue weighted by molar-refractivity contribution is 9.10. The van der Waals surface area contributed by atoms with Gasteiger partial charge in [0.15, 0.2) is 0 Å². The number of nitrogens with zero attached hydrogens (tertiary/aromatic N) is 2. The number of sulfonamides is 1. The lowest BCUT2D eigenvalue weighted by Gasteiger charge is -2.33. The molecular formula is C30H35BrClN3O4S. The summed E-state index contributed by atoms with van der Waals surface area (Å²) in [6.45, 7) is 3.96. The van der Waals surface area contributed by atoms with E-state index in [0.717, 1.165) is 44.6 Å². The van der Waals surface area contributed by atoms with Crippen molar-refractivity contribution < 1.29 is 18.0 Å². The molecule has 0 unspecified atom stereocenters. The van der Waals surface area contributed by atoms with Gasteiger partial charge in [0.1, 0.15) is 12.6 Å². The van der Waals surface area contributed by atoms with E-state index in [9.17, 15) is 18.0 Å². The highest BCUT2D eigenvalue weighted by Crippen LogP contribution is 2.26. The number of carbonyl (C=O) groups is 2. The van der Waals surface area contributed by atoms with E-state index < -0.39 is 28.5 Å². The number of hydrogen-bond donors (Lipinski definition) is 1. The molecule has 10 heteroatoms. The summed E-state index contributed by atoms with van der Waals surface area (Å²) >= 11 is 9.78. The first-order chi connectivity index (χ1) is 19.0. The van der Waals surface area contributed by atoms with E-state index >= 15 is 0 Å². The third kappa shape index (κ3) is 9.08. The monoisotopic (exact) mass is 647 g/mol. The Morgan fingerprint density at radius 3 is 2.33 bits per heavy atom. The lowest BCUT2D eigenvalue weighted by molar-refractivity contribution is -0.140. The van der Waals surface area contributed by atoms with E-state index in [0.29, 0.717) is 11.6 Å².